The van der Waals surface area contributed by atoms with Crippen LogP contribution in [0.15, 0.2) is 30.3 Å². The van der Waals surface area contributed by atoms with Gasteiger partial charge in [-0.05, 0) is 43.7 Å². The van der Waals surface area contributed by atoms with Crippen LogP contribution in [0.25, 0.3) is 0 Å². The summed E-state index contributed by atoms with van der Waals surface area (Å²) in [6.45, 7) is 1.27. The van der Waals surface area contributed by atoms with Crippen molar-refractivity contribution in [3.05, 3.63) is 30.3 Å². The van der Waals surface area contributed by atoms with Crippen LogP contribution in [0.2, 0.25) is 0 Å². The van der Waals surface area contributed by atoms with Gasteiger partial charge in [0.1, 0.15) is 0 Å². The minimum Gasteiger partial charge on any atom is -0.368 e. The van der Waals surface area contributed by atoms with Crippen LogP contribution in [0, 0.1) is 5.92 Å². The largest absolute Gasteiger partial charge is 0.368 e. The molecule has 1 heterocycles. The lowest BCUT2D eigenvalue weighted by molar-refractivity contribution is 0.362. The first-order valence-electron chi connectivity index (χ1n) is 6.27. The monoisotopic (exact) mass is 201 g/mol. The van der Waals surface area contributed by atoms with Crippen molar-refractivity contribution in [2.24, 2.45) is 5.92 Å². The van der Waals surface area contributed by atoms with E-state index in [1.54, 1.807) is 0 Å². The molecule has 0 aromatic heterocycles. The van der Waals surface area contributed by atoms with Crippen molar-refractivity contribution < 1.29 is 0 Å². The molecule has 0 unspecified atom stereocenters. The standard InChI is InChI=1S/C14H19N/c1-2-8-13(9-3-1)15-11-5-7-12-6-4-10-14(12)15/h1-3,8-9,12,14H,4-7,10-11H2/t12-,14-/m1/s1. The normalized spacial score (nSPS) is 30.3. The van der Waals surface area contributed by atoms with Gasteiger partial charge in [0.2, 0.25) is 0 Å². The Labute approximate surface area is 92.1 Å². The molecule has 1 aliphatic carbocycles. The average molecular weight is 201 g/mol. The van der Waals surface area contributed by atoms with Crippen LogP contribution >= 0.6 is 0 Å². The van der Waals surface area contributed by atoms with E-state index in [9.17, 15) is 0 Å². The van der Waals surface area contributed by atoms with Crippen LogP contribution in [0.4, 0.5) is 5.69 Å². The molecule has 1 aromatic rings. The molecule has 0 spiro atoms. The van der Waals surface area contributed by atoms with E-state index >= 15 is 0 Å². The Balaban J connectivity index is 1.85. The van der Waals surface area contributed by atoms with E-state index in [0.29, 0.717) is 0 Å². The average Bonchev–Trinajstić information content (AvgIpc) is 2.78. The number of anilines is 1. The first-order chi connectivity index (χ1) is 7.45. The van der Waals surface area contributed by atoms with Crippen molar-refractivity contribution in [2.45, 2.75) is 38.1 Å². The topological polar surface area (TPSA) is 3.24 Å². The van der Waals surface area contributed by atoms with Crippen LogP contribution < -0.4 is 4.90 Å². The molecule has 80 valence electrons. The number of nitrogens with zero attached hydrogens (tertiary/aromatic N) is 1. The lowest BCUT2D eigenvalue weighted by Gasteiger charge is -2.39. The van der Waals surface area contributed by atoms with E-state index < -0.39 is 0 Å². The molecule has 2 fully saturated rings. The predicted octanol–water partition coefficient (Wildman–Crippen LogP) is 3.46. The molecule has 1 heteroatoms. The smallest absolute Gasteiger partial charge is 0.0368 e. The van der Waals surface area contributed by atoms with Crippen molar-refractivity contribution in [3.63, 3.8) is 0 Å². The SMILES string of the molecule is c1ccc(N2CCC[C@H]3CCC[C@H]32)cc1. The van der Waals surface area contributed by atoms with E-state index in [1.165, 1.54) is 44.3 Å². The van der Waals surface area contributed by atoms with E-state index in [4.69, 9.17) is 0 Å². The van der Waals surface area contributed by atoms with Crippen LogP contribution in [-0.4, -0.2) is 12.6 Å². The van der Waals surface area contributed by atoms with Gasteiger partial charge in [-0.1, -0.05) is 24.6 Å². The zero-order valence-corrected chi connectivity index (χ0v) is 9.23. The third kappa shape index (κ3) is 1.64. The molecule has 1 aromatic carbocycles. The summed E-state index contributed by atoms with van der Waals surface area (Å²) in [4.78, 5) is 2.65. The second kappa shape index (κ2) is 3.88. The number of rotatable bonds is 1. The Morgan fingerprint density at radius 2 is 1.73 bits per heavy atom. The Morgan fingerprint density at radius 3 is 2.60 bits per heavy atom. The highest BCUT2D eigenvalue weighted by Gasteiger charge is 2.34. The van der Waals surface area contributed by atoms with Gasteiger partial charge in [-0.3, -0.25) is 0 Å². The maximum absolute atomic E-state index is 2.65. The van der Waals surface area contributed by atoms with Gasteiger partial charge < -0.3 is 4.90 Å². The lowest BCUT2D eigenvalue weighted by Crippen LogP contribution is -2.42. The fourth-order valence-corrected chi connectivity index (χ4v) is 3.39. The first-order valence-corrected chi connectivity index (χ1v) is 6.27. The predicted molar refractivity (Wildman–Crippen MR) is 64.2 cm³/mol. The van der Waals surface area contributed by atoms with E-state index in [-0.39, 0.29) is 0 Å². The fraction of sp³-hybridized carbons (Fsp3) is 0.571. The third-order valence-electron chi connectivity index (χ3n) is 4.08. The van der Waals surface area contributed by atoms with Crippen molar-refractivity contribution in [1.29, 1.82) is 0 Å². The van der Waals surface area contributed by atoms with Crippen LogP contribution in [0.1, 0.15) is 32.1 Å². The summed E-state index contributed by atoms with van der Waals surface area (Å²) in [5, 5.41) is 0. The van der Waals surface area contributed by atoms with E-state index in [0.717, 1.165) is 12.0 Å². The Bertz CT molecular complexity index is 319. The van der Waals surface area contributed by atoms with Gasteiger partial charge in [0.25, 0.3) is 0 Å². The van der Waals surface area contributed by atoms with Gasteiger partial charge in [0.05, 0.1) is 0 Å². The van der Waals surface area contributed by atoms with Crippen molar-refractivity contribution in [3.8, 4) is 0 Å². The number of para-hydroxylation sites is 1. The van der Waals surface area contributed by atoms with E-state index in [2.05, 4.69) is 35.2 Å². The molecule has 1 aliphatic heterocycles. The summed E-state index contributed by atoms with van der Waals surface area (Å²) in [5.41, 5.74) is 1.44. The number of piperidine rings is 1. The van der Waals surface area contributed by atoms with Crippen molar-refractivity contribution in [1.82, 2.24) is 0 Å². The molecule has 1 nitrogen and oxygen atoms in total. The third-order valence-corrected chi connectivity index (χ3v) is 4.08. The van der Waals surface area contributed by atoms with Gasteiger partial charge in [-0.25, -0.2) is 0 Å². The van der Waals surface area contributed by atoms with Crippen LogP contribution in [0.3, 0.4) is 0 Å². The van der Waals surface area contributed by atoms with Gasteiger partial charge >= 0.3 is 0 Å². The Kier molecular flexibility index (Phi) is 2.40. The Morgan fingerprint density at radius 1 is 0.933 bits per heavy atom. The van der Waals surface area contributed by atoms with Gasteiger partial charge in [0, 0.05) is 18.3 Å². The summed E-state index contributed by atoms with van der Waals surface area (Å²) in [6.07, 6.45) is 7.18. The summed E-state index contributed by atoms with van der Waals surface area (Å²) >= 11 is 0. The van der Waals surface area contributed by atoms with Gasteiger partial charge in [-0.15, -0.1) is 0 Å². The molecule has 0 amide bonds. The molecular formula is C14H19N. The molecule has 2 atom stereocenters. The van der Waals surface area contributed by atoms with E-state index in [1.807, 2.05) is 0 Å². The van der Waals surface area contributed by atoms with Crippen molar-refractivity contribution >= 4 is 5.69 Å². The number of hydrogen-bond donors (Lipinski definition) is 0. The minimum atomic E-state index is 0.848. The number of fused-ring (bicyclic) bond motifs is 1. The summed E-state index contributed by atoms with van der Waals surface area (Å²) in [5.74, 6) is 0.985. The minimum absolute atomic E-state index is 0.848. The molecule has 2 aliphatic rings. The molecule has 0 radical (unpaired) electrons. The molecule has 1 saturated heterocycles. The molecule has 0 bridgehead atoms. The van der Waals surface area contributed by atoms with Crippen LogP contribution in [-0.2, 0) is 0 Å². The van der Waals surface area contributed by atoms with Gasteiger partial charge in [-0.2, -0.15) is 0 Å². The molecule has 1 saturated carbocycles. The molecule has 0 N–H and O–H groups in total. The number of hydrogen-bond acceptors (Lipinski definition) is 1. The second-order valence-electron chi connectivity index (χ2n) is 4.93. The second-order valence-corrected chi connectivity index (χ2v) is 4.93. The maximum Gasteiger partial charge on any atom is 0.0368 e. The zero-order chi connectivity index (χ0) is 10.1. The Hall–Kier alpha value is -0.980. The highest BCUT2D eigenvalue weighted by molar-refractivity contribution is 5.47. The lowest BCUT2D eigenvalue weighted by atomic mass is 9.91. The quantitative estimate of drug-likeness (QED) is 0.672. The summed E-state index contributed by atoms with van der Waals surface area (Å²) in [7, 11) is 0. The van der Waals surface area contributed by atoms with Crippen molar-refractivity contribution in [2.75, 3.05) is 11.4 Å². The highest BCUT2D eigenvalue weighted by atomic mass is 15.2. The zero-order valence-electron chi connectivity index (χ0n) is 9.23. The molecule has 3 rings (SSSR count). The number of benzene rings is 1. The summed E-state index contributed by atoms with van der Waals surface area (Å²) in [6, 6.07) is 11.8. The first kappa shape index (κ1) is 9.26. The summed E-state index contributed by atoms with van der Waals surface area (Å²) < 4.78 is 0. The maximum atomic E-state index is 2.65. The molecular weight excluding hydrogens is 182 g/mol. The van der Waals surface area contributed by atoms with Gasteiger partial charge in [0.15, 0.2) is 0 Å². The fourth-order valence-electron chi connectivity index (χ4n) is 3.39. The van der Waals surface area contributed by atoms with Crippen LogP contribution in [0.5, 0.6) is 0 Å². The molecule has 15 heavy (non-hydrogen) atoms. The highest BCUT2D eigenvalue weighted by Crippen LogP contribution is 2.38.